The number of aromatic nitrogens is 2. The number of nitriles is 2. The van der Waals surface area contributed by atoms with E-state index in [1.165, 1.54) is 35.2 Å². The van der Waals surface area contributed by atoms with Gasteiger partial charge in [0.05, 0.1) is 23.6 Å². The van der Waals surface area contributed by atoms with Crippen LogP contribution >= 0.6 is 23.1 Å². The summed E-state index contributed by atoms with van der Waals surface area (Å²) in [5.41, 5.74) is 7.71. The molecule has 2 heterocycles. The molecule has 0 radical (unpaired) electrons. The molecule has 9 nitrogen and oxygen atoms in total. The molecule has 4 rings (SSSR count). The third kappa shape index (κ3) is 6.42. The molecule has 39 heavy (non-hydrogen) atoms. The number of aliphatic hydroxyl groups excluding tert-OH is 2. The fourth-order valence-electron chi connectivity index (χ4n) is 3.44. The Hall–Kier alpha value is -4.27. The standard InChI is InChI=1S/C26H20F2N6O3S2/c27-20-2-1-3-21(23(20)28)33-26-32-15(13-39-26)12-38-25-19(9-30)22(18(8-29)24(31)34-25)14-4-6-17(7-5-14)37-11-16(36)10-35/h1-7,13,16,35-36H,10-12H2,(H2,31,34)(H,32,33). The first-order valence-electron chi connectivity index (χ1n) is 11.3. The molecule has 0 bridgehead atoms. The van der Waals surface area contributed by atoms with Crippen molar-refractivity contribution in [1.29, 1.82) is 10.5 Å². The topological polar surface area (TPSA) is 161 Å². The third-order valence-electron chi connectivity index (χ3n) is 5.31. The Kier molecular flexibility index (Phi) is 8.91. The Bertz CT molecular complexity index is 1570. The average molecular weight is 567 g/mol. The normalized spacial score (nSPS) is 11.4. The molecule has 2 aromatic heterocycles. The van der Waals surface area contributed by atoms with Gasteiger partial charge in [-0.25, -0.2) is 18.7 Å². The van der Waals surface area contributed by atoms with Crippen molar-refractivity contribution >= 4 is 39.7 Å². The highest BCUT2D eigenvalue weighted by Crippen LogP contribution is 2.37. The molecule has 2 aromatic carbocycles. The molecule has 0 saturated carbocycles. The second kappa shape index (κ2) is 12.5. The number of hydrogen-bond acceptors (Lipinski definition) is 11. The summed E-state index contributed by atoms with van der Waals surface area (Å²) in [4.78, 5) is 8.66. The van der Waals surface area contributed by atoms with Crippen molar-refractivity contribution in [3.05, 3.63) is 76.3 Å². The van der Waals surface area contributed by atoms with Crippen LogP contribution in [0.1, 0.15) is 16.8 Å². The van der Waals surface area contributed by atoms with Gasteiger partial charge in [-0.2, -0.15) is 10.5 Å². The Morgan fingerprint density at radius 3 is 2.54 bits per heavy atom. The van der Waals surface area contributed by atoms with E-state index < -0.39 is 24.3 Å². The van der Waals surface area contributed by atoms with Crippen LogP contribution in [0.2, 0.25) is 0 Å². The van der Waals surface area contributed by atoms with Gasteiger partial charge in [-0.3, -0.25) is 0 Å². The largest absolute Gasteiger partial charge is 0.491 e. The maximum Gasteiger partial charge on any atom is 0.187 e. The summed E-state index contributed by atoms with van der Waals surface area (Å²) in [6, 6.07) is 14.5. The van der Waals surface area contributed by atoms with Gasteiger partial charge in [0, 0.05) is 16.7 Å². The number of thiazole rings is 1. The molecule has 0 aliphatic rings. The average Bonchev–Trinajstić information content (AvgIpc) is 3.40. The SMILES string of the molecule is N#Cc1c(N)nc(SCc2csc(Nc3cccc(F)c3F)n2)c(C#N)c1-c1ccc(OCC(O)CO)cc1. The van der Waals surface area contributed by atoms with E-state index in [2.05, 4.69) is 21.4 Å². The van der Waals surface area contributed by atoms with E-state index in [1.807, 2.05) is 6.07 Å². The maximum absolute atomic E-state index is 14.0. The van der Waals surface area contributed by atoms with Gasteiger partial charge in [-0.15, -0.1) is 11.3 Å². The van der Waals surface area contributed by atoms with Crippen molar-refractivity contribution in [2.24, 2.45) is 0 Å². The van der Waals surface area contributed by atoms with Crippen LogP contribution in [0.5, 0.6) is 5.75 Å². The molecule has 0 fully saturated rings. The van der Waals surface area contributed by atoms with Gasteiger partial charge in [0.1, 0.15) is 47.0 Å². The zero-order valence-electron chi connectivity index (χ0n) is 20.1. The van der Waals surface area contributed by atoms with Gasteiger partial charge < -0.3 is 26.0 Å². The number of thioether (sulfide) groups is 1. The summed E-state index contributed by atoms with van der Waals surface area (Å²) in [7, 11) is 0. The predicted octanol–water partition coefficient (Wildman–Crippen LogP) is 4.58. The molecule has 0 aliphatic heterocycles. The first-order valence-corrected chi connectivity index (χ1v) is 13.1. The lowest BCUT2D eigenvalue weighted by Crippen LogP contribution is -2.21. The van der Waals surface area contributed by atoms with Crippen LogP contribution in [0.3, 0.4) is 0 Å². The minimum Gasteiger partial charge on any atom is -0.491 e. The smallest absolute Gasteiger partial charge is 0.187 e. The third-order valence-corrected chi connectivity index (χ3v) is 7.13. The van der Waals surface area contributed by atoms with Gasteiger partial charge in [-0.05, 0) is 29.8 Å². The second-order valence-electron chi connectivity index (χ2n) is 7.98. The van der Waals surface area contributed by atoms with Crippen molar-refractivity contribution in [3.8, 4) is 29.0 Å². The Morgan fingerprint density at radius 1 is 1.10 bits per heavy atom. The van der Waals surface area contributed by atoms with E-state index in [4.69, 9.17) is 15.6 Å². The summed E-state index contributed by atoms with van der Waals surface area (Å²) in [6.07, 6.45) is -1.02. The van der Waals surface area contributed by atoms with Gasteiger partial charge >= 0.3 is 0 Å². The number of pyridine rings is 1. The van der Waals surface area contributed by atoms with Gasteiger partial charge in [-0.1, -0.05) is 30.0 Å². The number of rotatable bonds is 10. The van der Waals surface area contributed by atoms with Gasteiger partial charge in [0.15, 0.2) is 16.8 Å². The lowest BCUT2D eigenvalue weighted by Gasteiger charge is -2.14. The van der Waals surface area contributed by atoms with E-state index in [0.717, 1.165) is 6.07 Å². The molecule has 1 atom stereocenters. The van der Waals surface area contributed by atoms with Crippen molar-refractivity contribution in [3.63, 3.8) is 0 Å². The van der Waals surface area contributed by atoms with E-state index in [1.54, 1.807) is 29.6 Å². The quantitative estimate of drug-likeness (QED) is 0.200. The highest BCUT2D eigenvalue weighted by Gasteiger charge is 2.21. The molecule has 0 amide bonds. The summed E-state index contributed by atoms with van der Waals surface area (Å²) in [5.74, 6) is -1.31. The summed E-state index contributed by atoms with van der Waals surface area (Å²) >= 11 is 2.39. The number of nitrogen functional groups attached to an aromatic ring is 1. The first kappa shape index (κ1) is 27.8. The Morgan fingerprint density at radius 2 is 1.85 bits per heavy atom. The van der Waals surface area contributed by atoms with Crippen molar-refractivity contribution < 1.29 is 23.7 Å². The van der Waals surface area contributed by atoms with Crippen LogP contribution in [0.4, 0.5) is 25.4 Å². The number of ether oxygens (including phenoxy) is 1. The first-order chi connectivity index (χ1) is 18.8. The van der Waals surface area contributed by atoms with E-state index in [0.29, 0.717) is 32.7 Å². The van der Waals surface area contributed by atoms with Crippen LogP contribution < -0.4 is 15.8 Å². The fourth-order valence-corrected chi connectivity index (χ4v) is 5.16. The fraction of sp³-hybridized carbons (Fsp3) is 0.154. The number of nitrogens with one attached hydrogen (secondary N) is 1. The van der Waals surface area contributed by atoms with Crippen LogP contribution in [0, 0.1) is 34.3 Å². The molecular formula is C26H20F2N6O3S2. The monoisotopic (exact) mass is 566 g/mol. The minimum absolute atomic E-state index is 0.0393. The number of aliphatic hydroxyl groups is 2. The second-order valence-corrected chi connectivity index (χ2v) is 9.80. The zero-order chi connectivity index (χ0) is 27.9. The van der Waals surface area contributed by atoms with Crippen LogP contribution in [0.25, 0.3) is 11.1 Å². The molecule has 4 aromatic rings. The highest BCUT2D eigenvalue weighted by molar-refractivity contribution is 7.98. The molecule has 5 N–H and O–H groups in total. The number of halogens is 2. The lowest BCUT2D eigenvalue weighted by molar-refractivity contribution is 0.0536. The minimum atomic E-state index is -1.02. The van der Waals surface area contributed by atoms with Crippen molar-refractivity contribution in [2.45, 2.75) is 16.9 Å². The lowest BCUT2D eigenvalue weighted by atomic mass is 9.97. The van der Waals surface area contributed by atoms with Crippen LogP contribution in [-0.2, 0) is 5.75 Å². The van der Waals surface area contributed by atoms with E-state index in [-0.39, 0.29) is 35.0 Å². The Balaban J connectivity index is 1.56. The summed E-state index contributed by atoms with van der Waals surface area (Å²) in [5, 5.41) is 43.3. The molecule has 0 aliphatic carbocycles. The van der Waals surface area contributed by atoms with E-state index in [9.17, 15) is 24.4 Å². The molecule has 0 spiro atoms. The summed E-state index contributed by atoms with van der Waals surface area (Å²) in [6.45, 7) is -0.535. The number of nitrogens with two attached hydrogens (primary N) is 1. The molecule has 0 saturated heterocycles. The summed E-state index contributed by atoms with van der Waals surface area (Å²) < 4.78 is 32.9. The predicted molar refractivity (Wildman–Crippen MR) is 143 cm³/mol. The number of nitrogens with zero attached hydrogens (tertiary/aromatic N) is 4. The molecule has 13 heteroatoms. The Labute approximate surface area is 230 Å². The van der Waals surface area contributed by atoms with Crippen LogP contribution in [0.15, 0.2) is 52.9 Å². The molecular weight excluding hydrogens is 546 g/mol. The highest BCUT2D eigenvalue weighted by atomic mass is 32.2. The van der Waals surface area contributed by atoms with Crippen molar-refractivity contribution in [2.75, 3.05) is 24.3 Å². The van der Waals surface area contributed by atoms with Gasteiger partial charge in [0.2, 0.25) is 0 Å². The van der Waals surface area contributed by atoms with Gasteiger partial charge in [0.25, 0.3) is 0 Å². The number of hydrogen-bond donors (Lipinski definition) is 4. The van der Waals surface area contributed by atoms with E-state index >= 15 is 0 Å². The number of anilines is 3. The zero-order valence-corrected chi connectivity index (χ0v) is 21.7. The maximum atomic E-state index is 14.0. The number of benzene rings is 2. The molecule has 1 unspecified atom stereocenters. The molecule has 198 valence electrons. The van der Waals surface area contributed by atoms with Crippen molar-refractivity contribution in [1.82, 2.24) is 9.97 Å². The van der Waals surface area contributed by atoms with Crippen LogP contribution in [-0.4, -0.2) is 39.5 Å².